The van der Waals surface area contributed by atoms with Crippen molar-refractivity contribution in [3.05, 3.63) is 30.1 Å². The van der Waals surface area contributed by atoms with Crippen LogP contribution in [0.25, 0.3) is 0 Å². The molecule has 1 fully saturated rings. The van der Waals surface area contributed by atoms with E-state index >= 15 is 0 Å². The van der Waals surface area contributed by atoms with E-state index in [9.17, 15) is 14.3 Å². The number of rotatable bonds is 3. The molecule has 1 atom stereocenters. The van der Waals surface area contributed by atoms with E-state index in [2.05, 4.69) is 0 Å². The molecule has 1 aromatic carbocycles. The largest absolute Gasteiger partial charge is 0.491 e. The van der Waals surface area contributed by atoms with Crippen molar-refractivity contribution in [1.82, 2.24) is 4.90 Å². The van der Waals surface area contributed by atoms with Gasteiger partial charge in [0.15, 0.2) is 0 Å². The summed E-state index contributed by atoms with van der Waals surface area (Å²) in [6.07, 6.45) is 1.35. The summed E-state index contributed by atoms with van der Waals surface area (Å²) in [7, 11) is 0. The van der Waals surface area contributed by atoms with Crippen LogP contribution in [-0.4, -0.2) is 41.2 Å². The number of carbonyl (C=O) groups excluding carboxylic acids is 1. The van der Waals surface area contributed by atoms with Gasteiger partial charge in [0.25, 0.3) is 0 Å². The van der Waals surface area contributed by atoms with Gasteiger partial charge in [0.2, 0.25) is 5.91 Å². The average molecular weight is 267 g/mol. The summed E-state index contributed by atoms with van der Waals surface area (Å²) in [5, 5.41) is 10.4. The quantitative estimate of drug-likeness (QED) is 0.904. The fourth-order valence-corrected chi connectivity index (χ4v) is 2.25. The highest BCUT2D eigenvalue weighted by atomic mass is 19.1. The summed E-state index contributed by atoms with van der Waals surface area (Å²) in [5.41, 5.74) is -1.03. The van der Waals surface area contributed by atoms with E-state index in [1.54, 1.807) is 4.90 Å². The fourth-order valence-electron chi connectivity index (χ4n) is 2.25. The van der Waals surface area contributed by atoms with Crippen LogP contribution in [0, 0.1) is 5.82 Å². The van der Waals surface area contributed by atoms with Gasteiger partial charge in [-0.3, -0.25) is 4.79 Å². The number of hydrogen-bond acceptors (Lipinski definition) is 3. The van der Waals surface area contributed by atoms with E-state index < -0.39 is 5.60 Å². The lowest BCUT2D eigenvalue weighted by Crippen LogP contribution is -2.52. The van der Waals surface area contributed by atoms with Gasteiger partial charge in [0.1, 0.15) is 23.8 Å². The zero-order valence-electron chi connectivity index (χ0n) is 10.9. The molecule has 2 rings (SSSR count). The molecule has 1 N–H and O–H groups in total. The van der Waals surface area contributed by atoms with Crippen LogP contribution in [-0.2, 0) is 4.79 Å². The van der Waals surface area contributed by atoms with Gasteiger partial charge in [-0.2, -0.15) is 0 Å². The zero-order chi connectivity index (χ0) is 13.9. The Kier molecular flexibility index (Phi) is 4.04. The minimum Gasteiger partial charge on any atom is -0.491 e. The molecule has 1 aromatic rings. The van der Waals surface area contributed by atoms with Crippen LogP contribution in [0.1, 0.15) is 19.8 Å². The first-order chi connectivity index (χ1) is 8.98. The maximum Gasteiger partial charge on any atom is 0.219 e. The fraction of sp³-hybridized carbons (Fsp3) is 0.500. The molecule has 1 heterocycles. The van der Waals surface area contributed by atoms with Crippen molar-refractivity contribution in [2.45, 2.75) is 25.4 Å². The molecule has 0 radical (unpaired) electrons. The number of β-amino-alcohol motifs (C(OH)–C–C–N with tert-alkyl or cyclic N) is 1. The minimum absolute atomic E-state index is 0.0418. The summed E-state index contributed by atoms with van der Waals surface area (Å²) in [6.45, 7) is 2.55. The van der Waals surface area contributed by atoms with Crippen LogP contribution in [0.3, 0.4) is 0 Å². The monoisotopic (exact) mass is 267 g/mol. The second-order valence-electron chi connectivity index (χ2n) is 5.01. The topological polar surface area (TPSA) is 49.8 Å². The van der Waals surface area contributed by atoms with Gasteiger partial charge in [-0.1, -0.05) is 0 Å². The molecule has 19 heavy (non-hydrogen) atoms. The first kappa shape index (κ1) is 13.8. The van der Waals surface area contributed by atoms with E-state index in [-0.39, 0.29) is 24.9 Å². The second-order valence-corrected chi connectivity index (χ2v) is 5.01. The molecule has 5 heteroatoms. The predicted molar refractivity (Wildman–Crippen MR) is 68.3 cm³/mol. The van der Waals surface area contributed by atoms with Crippen molar-refractivity contribution in [2.24, 2.45) is 0 Å². The highest BCUT2D eigenvalue weighted by molar-refractivity contribution is 5.73. The molecular formula is C14H18FNO3. The van der Waals surface area contributed by atoms with Crippen LogP contribution in [0.5, 0.6) is 5.75 Å². The number of aliphatic hydroxyl groups is 1. The standard InChI is InChI=1S/C14H18FNO3/c1-11(17)16-8-2-7-14(18,9-16)10-19-13-5-3-12(15)4-6-13/h3-6,18H,2,7-10H2,1H3/t14-/m0/s1. The lowest BCUT2D eigenvalue weighted by Gasteiger charge is -2.38. The molecule has 1 aliphatic rings. The third-order valence-corrected chi connectivity index (χ3v) is 3.32. The van der Waals surface area contributed by atoms with Gasteiger partial charge in [0.05, 0.1) is 6.54 Å². The maximum atomic E-state index is 12.7. The first-order valence-electron chi connectivity index (χ1n) is 6.35. The first-order valence-corrected chi connectivity index (χ1v) is 6.35. The van der Waals surface area contributed by atoms with Crippen LogP contribution in [0.2, 0.25) is 0 Å². The molecule has 1 aliphatic heterocycles. The number of carbonyl (C=O) groups is 1. The molecule has 0 unspecified atom stereocenters. The van der Waals surface area contributed by atoms with Crippen molar-refractivity contribution in [2.75, 3.05) is 19.7 Å². The Balaban J connectivity index is 1.93. The molecule has 0 saturated carbocycles. The summed E-state index contributed by atoms with van der Waals surface area (Å²) in [5.74, 6) is 0.140. The number of likely N-dealkylation sites (tertiary alicyclic amines) is 1. The van der Waals surface area contributed by atoms with Gasteiger partial charge < -0.3 is 14.7 Å². The number of halogens is 1. The Morgan fingerprint density at radius 2 is 2.16 bits per heavy atom. The third-order valence-electron chi connectivity index (χ3n) is 3.32. The number of nitrogens with zero attached hydrogens (tertiary/aromatic N) is 1. The second kappa shape index (κ2) is 5.57. The number of hydrogen-bond donors (Lipinski definition) is 1. The SMILES string of the molecule is CC(=O)N1CCC[C@@](O)(COc2ccc(F)cc2)C1. The average Bonchev–Trinajstić information content (AvgIpc) is 2.38. The highest BCUT2D eigenvalue weighted by Crippen LogP contribution is 2.23. The van der Waals surface area contributed by atoms with Gasteiger partial charge in [-0.15, -0.1) is 0 Å². The van der Waals surface area contributed by atoms with Crippen molar-refractivity contribution in [1.29, 1.82) is 0 Å². The molecule has 0 bridgehead atoms. The lowest BCUT2D eigenvalue weighted by atomic mass is 9.93. The molecule has 1 saturated heterocycles. The summed E-state index contributed by atoms with van der Waals surface area (Å²) in [6, 6.07) is 5.65. The van der Waals surface area contributed by atoms with Crippen molar-refractivity contribution >= 4 is 5.91 Å². The van der Waals surface area contributed by atoms with Crippen molar-refractivity contribution in [3.63, 3.8) is 0 Å². The lowest BCUT2D eigenvalue weighted by molar-refractivity contribution is -0.137. The molecule has 0 aliphatic carbocycles. The summed E-state index contributed by atoms with van der Waals surface area (Å²) >= 11 is 0. The van der Waals surface area contributed by atoms with Gasteiger partial charge in [0, 0.05) is 13.5 Å². The Bertz CT molecular complexity index is 449. The van der Waals surface area contributed by atoms with E-state index in [0.717, 1.165) is 6.42 Å². The Labute approximate surface area is 111 Å². The predicted octanol–water partition coefficient (Wildman–Crippen LogP) is 1.58. The molecule has 0 aromatic heterocycles. The number of benzene rings is 1. The molecule has 104 valence electrons. The smallest absolute Gasteiger partial charge is 0.219 e. The Hall–Kier alpha value is -1.62. The Morgan fingerprint density at radius 3 is 2.79 bits per heavy atom. The maximum absolute atomic E-state index is 12.7. The molecule has 0 spiro atoms. The van der Waals surface area contributed by atoms with Crippen LogP contribution in [0.15, 0.2) is 24.3 Å². The van der Waals surface area contributed by atoms with E-state index in [4.69, 9.17) is 4.74 Å². The highest BCUT2D eigenvalue weighted by Gasteiger charge is 2.35. The van der Waals surface area contributed by atoms with Gasteiger partial charge in [-0.25, -0.2) is 4.39 Å². The summed E-state index contributed by atoms with van der Waals surface area (Å²) in [4.78, 5) is 13.0. The van der Waals surface area contributed by atoms with E-state index in [0.29, 0.717) is 18.7 Å². The summed E-state index contributed by atoms with van der Waals surface area (Å²) < 4.78 is 18.2. The Morgan fingerprint density at radius 1 is 1.47 bits per heavy atom. The minimum atomic E-state index is -1.03. The molecule has 4 nitrogen and oxygen atoms in total. The molecule has 1 amide bonds. The number of piperidine rings is 1. The van der Waals surface area contributed by atoms with Crippen molar-refractivity contribution in [3.8, 4) is 5.75 Å². The van der Waals surface area contributed by atoms with E-state index in [1.165, 1.54) is 31.2 Å². The van der Waals surface area contributed by atoms with Gasteiger partial charge >= 0.3 is 0 Å². The van der Waals surface area contributed by atoms with Crippen molar-refractivity contribution < 1.29 is 19.0 Å². The van der Waals surface area contributed by atoms with Crippen LogP contribution in [0.4, 0.5) is 4.39 Å². The normalized spacial score (nSPS) is 23.2. The number of amides is 1. The van der Waals surface area contributed by atoms with Gasteiger partial charge in [-0.05, 0) is 37.1 Å². The van der Waals surface area contributed by atoms with E-state index in [1.807, 2.05) is 0 Å². The van der Waals surface area contributed by atoms with Crippen LogP contribution < -0.4 is 4.74 Å². The number of ether oxygens (including phenoxy) is 1. The zero-order valence-corrected chi connectivity index (χ0v) is 10.9. The molecular weight excluding hydrogens is 249 g/mol. The third kappa shape index (κ3) is 3.67. The van der Waals surface area contributed by atoms with Crippen LogP contribution >= 0.6 is 0 Å².